The lowest BCUT2D eigenvalue weighted by Crippen LogP contribution is -2.33. The van der Waals surface area contributed by atoms with Crippen LogP contribution in [0.25, 0.3) is 21.3 Å². The van der Waals surface area contributed by atoms with Gasteiger partial charge in [0.1, 0.15) is 13.2 Å². The van der Waals surface area contributed by atoms with Crippen LogP contribution in [0.15, 0.2) is 27.8 Å². The van der Waals surface area contributed by atoms with Crippen molar-refractivity contribution in [3.05, 3.63) is 50.3 Å². The van der Waals surface area contributed by atoms with Crippen LogP contribution in [-0.4, -0.2) is 38.6 Å². The van der Waals surface area contributed by atoms with Gasteiger partial charge in [-0.3, -0.25) is 24.5 Å². The number of H-pyrrole nitrogens is 1. The maximum atomic E-state index is 13.4. The molecule has 0 atom stereocenters. The molecule has 3 aromatic heterocycles. The number of aromatic nitrogens is 4. The van der Waals surface area contributed by atoms with Crippen molar-refractivity contribution in [2.24, 2.45) is 5.92 Å². The van der Waals surface area contributed by atoms with Gasteiger partial charge in [-0.2, -0.15) is 0 Å². The zero-order valence-corrected chi connectivity index (χ0v) is 20.6. The van der Waals surface area contributed by atoms with Gasteiger partial charge in [-0.05, 0) is 17.9 Å². The number of hydrogen-bond donors (Lipinski definition) is 2. The molecule has 0 saturated heterocycles. The Morgan fingerprint density at radius 1 is 1.11 bits per heavy atom. The minimum atomic E-state index is -0.649. The molecule has 11 heteroatoms. The predicted molar refractivity (Wildman–Crippen MR) is 134 cm³/mol. The lowest BCUT2D eigenvalue weighted by atomic mass is 10.0. The number of aromatic amines is 1. The van der Waals surface area contributed by atoms with Crippen molar-refractivity contribution < 1.29 is 14.3 Å². The van der Waals surface area contributed by atoms with Crippen LogP contribution in [0.5, 0.6) is 11.5 Å². The van der Waals surface area contributed by atoms with Crippen LogP contribution in [0.3, 0.4) is 0 Å². The second kappa shape index (κ2) is 8.81. The standard InChI is InChI=1S/C24H25N5O5S/c1-11(2)10-29-20-19(22(31)28-24(29)32)13(7-14(25-20)12(3)4)21(30)27-23-26-15-8-16-17(9-18(15)35-23)34-6-5-33-16/h7-9,11-12H,5-6,10H2,1-4H3,(H,26,27,30)(H,28,31,32). The Morgan fingerprint density at radius 2 is 1.83 bits per heavy atom. The summed E-state index contributed by atoms with van der Waals surface area (Å²) in [5.41, 5.74) is 0.426. The summed E-state index contributed by atoms with van der Waals surface area (Å²) < 4.78 is 13.5. The molecular weight excluding hydrogens is 470 g/mol. The van der Waals surface area contributed by atoms with Crippen molar-refractivity contribution in [1.29, 1.82) is 0 Å². The van der Waals surface area contributed by atoms with Crippen LogP contribution in [0, 0.1) is 5.92 Å². The maximum Gasteiger partial charge on any atom is 0.330 e. The molecule has 1 aromatic carbocycles. The Balaban J connectivity index is 1.61. The third kappa shape index (κ3) is 4.27. The molecule has 0 spiro atoms. The number of benzene rings is 1. The number of carbonyl (C=O) groups excluding carboxylic acids is 1. The number of anilines is 1. The summed E-state index contributed by atoms with van der Waals surface area (Å²) in [6, 6.07) is 5.23. The average Bonchev–Trinajstić information content (AvgIpc) is 3.19. The highest BCUT2D eigenvalue weighted by atomic mass is 32.1. The number of rotatable bonds is 5. The molecule has 1 aliphatic rings. The zero-order valence-electron chi connectivity index (χ0n) is 19.8. The predicted octanol–water partition coefficient (Wildman–Crippen LogP) is 3.50. The Morgan fingerprint density at radius 3 is 2.51 bits per heavy atom. The van der Waals surface area contributed by atoms with E-state index in [0.29, 0.717) is 47.6 Å². The molecule has 2 N–H and O–H groups in total. The van der Waals surface area contributed by atoms with E-state index >= 15 is 0 Å². The number of pyridine rings is 1. The Hall–Kier alpha value is -3.73. The number of thiazole rings is 1. The minimum Gasteiger partial charge on any atom is -0.486 e. The van der Waals surface area contributed by atoms with Crippen molar-refractivity contribution in [3.8, 4) is 11.5 Å². The number of nitrogens with zero attached hydrogens (tertiary/aromatic N) is 3. The number of fused-ring (bicyclic) bond motifs is 3. The number of nitrogens with one attached hydrogen (secondary N) is 2. The highest BCUT2D eigenvalue weighted by Gasteiger charge is 2.22. The molecular formula is C24H25N5O5S. The Kier molecular flexibility index (Phi) is 5.79. The van der Waals surface area contributed by atoms with E-state index in [4.69, 9.17) is 9.47 Å². The smallest absolute Gasteiger partial charge is 0.330 e. The molecule has 0 bridgehead atoms. The van der Waals surface area contributed by atoms with Gasteiger partial charge in [0.05, 0.1) is 21.2 Å². The molecule has 4 heterocycles. The number of hydrogen-bond acceptors (Lipinski definition) is 8. The molecule has 0 unspecified atom stereocenters. The first-order chi connectivity index (χ1) is 16.7. The van der Waals surface area contributed by atoms with Crippen molar-refractivity contribution in [2.45, 2.75) is 40.2 Å². The summed E-state index contributed by atoms with van der Waals surface area (Å²) in [6.45, 7) is 9.10. The normalized spacial score (nSPS) is 13.2. The van der Waals surface area contributed by atoms with E-state index in [2.05, 4.69) is 20.3 Å². The third-order valence-corrected chi connectivity index (χ3v) is 6.56. The van der Waals surface area contributed by atoms with E-state index in [1.807, 2.05) is 33.8 Å². The Bertz CT molecular complexity index is 1540. The highest BCUT2D eigenvalue weighted by Crippen LogP contribution is 2.38. The molecule has 5 rings (SSSR count). The second-order valence-corrected chi connectivity index (χ2v) is 10.2. The van der Waals surface area contributed by atoms with Crippen LogP contribution in [0.4, 0.5) is 5.13 Å². The molecule has 0 fully saturated rings. The fourth-order valence-corrected chi connectivity index (χ4v) is 4.86. The van der Waals surface area contributed by atoms with Gasteiger partial charge in [-0.1, -0.05) is 39.0 Å². The second-order valence-electron chi connectivity index (χ2n) is 9.15. The van der Waals surface area contributed by atoms with Gasteiger partial charge in [-0.25, -0.2) is 14.8 Å². The minimum absolute atomic E-state index is 0.0263. The van der Waals surface area contributed by atoms with Crippen LogP contribution < -0.4 is 26.0 Å². The van der Waals surface area contributed by atoms with Crippen molar-refractivity contribution >= 4 is 43.6 Å². The zero-order chi connectivity index (χ0) is 24.9. The van der Waals surface area contributed by atoms with E-state index in [0.717, 1.165) is 4.70 Å². The summed E-state index contributed by atoms with van der Waals surface area (Å²) in [5, 5.41) is 3.26. The average molecular weight is 496 g/mol. The van der Waals surface area contributed by atoms with E-state index in [9.17, 15) is 14.4 Å². The van der Waals surface area contributed by atoms with Gasteiger partial charge < -0.3 is 9.47 Å². The SMILES string of the molecule is CC(C)Cn1c(=O)[nH]c(=O)c2c(C(=O)Nc3nc4cc5c(cc4s3)OCCO5)cc(C(C)C)nc21. The summed E-state index contributed by atoms with van der Waals surface area (Å²) in [7, 11) is 0. The van der Waals surface area contributed by atoms with Crippen molar-refractivity contribution in [3.63, 3.8) is 0 Å². The van der Waals surface area contributed by atoms with Crippen LogP contribution >= 0.6 is 11.3 Å². The first kappa shape index (κ1) is 23.0. The van der Waals surface area contributed by atoms with Gasteiger partial charge in [0.25, 0.3) is 11.5 Å². The molecule has 0 radical (unpaired) electrons. The quantitative estimate of drug-likeness (QED) is 0.434. The summed E-state index contributed by atoms with van der Waals surface area (Å²) in [5.74, 6) is 0.854. The number of carbonyl (C=O) groups is 1. The van der Waals surface area contributed by atoms with Crippen molar-refractivity contribution in [2.75, 3.05) is 18.5 Å². The molecule has 0 saturated carbocycles. The topological polar surface area (TPSA) is 128 Å². The van der Waals surface area contributed by atoms with Crippen LogP contribution in [0.1, 0.15) is 49.7 Å². The van der Waals surface area contributed by atoms with E-state index in [-0.39, 0.29) is 28.4 Å². The molecule has 1 amide bonds. The lowest BCUT2D eigenvalue weighted by Gasteiger charge is -2.17. The molecule has 35 heavy (non-hydrogen) atoms. The molecule has 182 valence electrons. The van der Waals surface area contributed by atoms with Gasteiger partial charge in [0.15, 0.2) is 22.3 Å². The summed E-state index contributed by atoms with van der Waals surface area (Å²) in [6.07, 6.45) is 0. The van der Waals surface area contributed by atoms with Crippen LogP contribution in [-0.2, 0) is 6.54 Å². The van der Waals surface area contributed by atoms with Gasteiger partial charge >= 0.3 is 5.69 Å². The molecule has 4 aromatic rings. The summed E-state index contributed by atoms with van der Waals surface area (Å²) in [4.78, 5) is 50.3. The lowest BCUT2D eigenvalue weighted by molar-refractivity contribution is 0.102. The largest absolute Gasteiger partial charge is 0.486 e. The monoisotopic (exact) mass is 495 g/mol. The van der Waals surface area contributed by atoms with Gasteiger partial charge in [0.2, 0.25) is 0 Å². The molecule has 10 nitrogen and oxygen atoms in total. The van der Waals surface area contributed by atoms with Crippen LogP contribution in [0.2, 0.25) is 0 Å². The Labute approximate surface area is 203 Å². The fourth-order valence-electron chi connectivity index (χ4n) is 3.99. The first-order valence-electron chi connectivity index (χ1n) is 11.4. The van der Waals surface area contributed by atoms with Gasteiger partial charge in [-0.15, -0.1) is 0 Å². The summed E-state index contributed by atoms with van der Waals surface area (Å²) >= 11 is 1.29. The van der Waals surface area contributed by atoms with Gasteiger partial charge in [0, 0.05) is 24.4 Å². The number of ether oxygens (including phenoxy) is 2. The van der Waals surface area contributed by atoms with E-state index in [1.165, 1.54) is 15.9 Å². The van der Waals surface area contributed by atoms with Crippen molar-refractivity contribution in [1.82, 2.24) is 19.5 Å². The molecule has 1 aliphatic heterocycles. The number of amides is 1. The third-order valence-electron chi connectivity index (χ3n) is 5.63. The van der Waals surface area contributed by atoms with E-state index < -0.39 is 17.2 Å². The highest BCUT2D eigenvalue weighted by molar-refractivity contribution is 7.22. The fraction of sp³-hybridized carbons (Fsp3) is 0.375. The van der Waals surface area contributed by atoms with E-state index in [1.54, 1.807) is 12.1 Å². The first-order valence-corrected chi connectivity index (χ1v) is 12.2. The maximum absolute atomic E-state index is 13.4. The molecule has 0 aliphatic carbocycles.